The summed E-state index contributed by atoms with van der Waals surface area (Å²) in [6.45, 7) is 0. The molecule has 66 valence electrons. The standard InChI is InChI=1S/C7H9NO4/c1-2-7(8,6(11)12)4-3-5(9)10/h1H,3-4,8H2,(H,9,10)(H,11,12)/t7-/m0/s1. The molecular formula is C7H9NO4. The quantitative estimate of drug-likeness (QED) is 0.484. The van der Waals surface area contributed by atoms with E-state index in [1.165, 1.54) is 0 Å². The van der Waals surface area contributed by atoms with Crippen molar-refractivity contribution in [3.8, 4) is 12.3 Å². The number of hydrogen-bond donors (Lipinski definition) is 3. The first kappa shape index (κ1) is 10.5. The van der Waals surface area contributed by atoms with Crippen LogP contribution in [-0.4, -0.2) is 27.7 Å². The molecule has 0 aliphatic rings. The molecule has 0 aromatic heterocycles. The highest BCUT2D eigenvalue weighted by Gasteiger charge is 2.31. The van der Waals surface area contributed by atoms with Crippen LogP contribution in [0.4, 0.5) is 0 Å². The molecule has 0 radical (unpaired) electrons. The van der Waals surface area contributed by atoms with Gasteiger partial charge in [0.2, 0.25) is 0 Å². The van der Waals surface area contributed by atoms with Crippen molar-refractivity contribution in [3.63, 3.8) is 0 Å². The molecule has 0 bridgehead atoms. The van der Waals surface area contributed by atoms with Crippen molar-refractivity contribution in [1.82, 2.24) is 0 Å². The second kappa shape index (κ2) is 3.74. The van der Waals surface area contributed by atoms with Crippen LogP contribution in [0.1, 0.15) is 12.8 Å². The van der Waals surface area contributed by atoms with Gasteiger partial charge in [-0.1, -0.05) is 5.92 Å². The lowest BCUT2D eigenvalue weighted by molar-refractivity contribution is -0.142. The summed E-state index contributed by atoms with van der Waals surface area (Å²) in [6, 6.07) is 0. The van der Waals surface area contributed by atoms with Gasteiger partial charge in [0.15, 0.2) is 5.54 Å². The van der Waals surface area contributed by atoms with Gasteiger partial charge in [0, 0.05) is 6.42 Å². The fourth-order valence-electron chi connectivity index (χ4n) is 0.545. The smallest absolute Gasteiger partial charge is 0.336 e. The normalized spacial score (nSPS) is 14.3. The van der Waals surface area contributed by atoms with E-state index in [1.54, 1.807) is 0 Å². The molecule has 4 N–H and O–H groups in total. The molecule has 0 fully saturated rings. The van der Waals surface area contributed by atoms with Crippen molar-refractivity contribution in [2.45, 2.75) is 18.4 Å². The molecule has 0 aliphatic carbocycles. The summed E-state index contributed by atoms with van der Waals surface area (Å²) in [5, 5.41) is 16.7. The third-order valence-corrected chi connectivity index (χ3v) is 1.37. The summed E-state index contributed by atoms with van der Waals surface area (Å²) >= 11 is 0. The Hall–Kier alpha value is -1.54. The maximum absolute atomic E-state index is 10.4. The summed E-state index contributed by atoms with van der Waals surface area (Å²) < 4.78 is 0. The molecule has 0 unspecified atom stereocenters. The molecule has 0 rings (SSSR count). The van der Waals surface area contributed by atoms with E-state index in [9.17, 15) is 9.59 Å². The number of carbonyl (C=O) groups is 2. The molecule has 0 aromatic rings. The number of carboxylic acids is 2. The van der Waals surface area contributed by atoms with E-state index in [1.807, 2.05) is 5.92 Å². The molecule has 5 nitrogen and oxygen atoms in total. The van der Waals surface area contributed by atoms with Crippen molar-refractivity contribution in [3.05, 3.63) is 0 Å². The van der Waals surface area contributed by atoms with Crippen LogP contribution in [0.5, 0.6) is 0 Å². The van der Waals surface area contributed by atoms with E-state index >= 15 is 0 Å². The predicted molar refractivity (Wildman–Crippen MR) is 40.3 cm³/mol. The molecule has 12 heavy (non-hydrogen) atoms. The first-order valence-corrected chi connectivity index (χ1v) is 3.14. The fraction of sp³-hybridized carbons (Fsp3) is 0.429. The monoisotopic (exact) mass is 171 g/mol. The van der Waals surface area contributed by atoms with Gasteiger partial charge in [-0.15, -0.1) is 6.42 Å². The number of rotatable bonds is 4. The SMILES string of the molecule is C#C[C@](N)(CCC(=O)O)C(=O)O. The highest BCUT2D eigenvalue weighted by Crippen LogP contribution is 2.08. The third kappa shape index (κ3) is 2.60. The Morgan fingerprint density at radius 3 is 2.25 bits per heavy atom. The van der Waals surface area contributed by atoms with Crippen molar-refractivity contribution in [2.75, 3.05) is 0 Å². The largest absolute Gasteiger partial charge is 0.481 e. The molecule has 0 aromatic carbocycles. The van der Waals surface area contributed by atoms with Gasteiger partial charge in [-0.25, -0.2) is 4.79 Å². The minimum atomic E-state index is -1.86. The minimum absolute atomic E-state index is 0.270. The van der Waals surface area contributed by atoms with Crippen LogP contribution < -0.4 is 5.73 Å². The molecule has 0 spiro atoms. The van der Waals surface area contributed by atoms with Crippen molar-refractivity contribution < 1.29 is 19.8 Å². The minimum Gasteiger partial charge on any atom is -0.481 e. The fourth-order valence-corrected chi connectivity index (χ4v) is 0.545. The van der Waals surface area contributed by atoms with Crippen molar-refractivity contribution in [2.24, 2.45) is 5.73 Å². The maximum Gasteiger partial charge on any atom is 0.336 e. The number of aliphatic carboxylic acids is 2. The lowest BCUT2D eigenvalue weighted by Crippen LogP contribution is -2.46. The zero-order chi connectivity index (χ0) is 9.78. The van der Waals surface area contributed by atoms with E-state index in [0.29, 0.717) is 0 Å². The summed E-state index contributed by atoms with van der Waals surface area (Å²) in [5.41, 5.74) is 3.33. The van der Waals surface area contributed by atoms with Gasteiger partial charge < -0.3 is 15.9 Å². The molecular weight excluding hydrogens is 162 g/mol. The lowest BCUT2D eigenvalue weighted by atomic mass is 9.96. The van der Waals surface area contributed by atoms with Crippen LogP contribution in [0.15, 0.2) is 0 Å². The van der Waals surface area contributed by atoms with Crippen LogP contribution in [0, 0.1) is 12.3 Å². The molecule has 0 saturated carbocycles. The summed E-state index contributed by atoms with van der Waals surface area (Å²) in [5.74, 6) is -0.659. The van der Waals surface area contributed by atoms with Crippen molar-refractivity contribution >= 4 is 11.9 Å². The summed E-state index contributed by atoms with van der Waals surface area (Å²) in [7, 11) is 0. The first-order valence-electron chi connectivity index (χ1n) is 3.14. The number of carboxylic acid groups (broad SMARTS) is 2. The van der Waals surface area contributed by atoms with Gasteiger partial charge in [-0.05, 0) is 6.42 Å². The van der Waals surface area contributed by atoms with Gasteiger partial charge in [-0.3, -0.25) is 4.79 Å². The molecule has 0 heterocycles. The highest BCUT2D eigenvalue weighted by molar-refractivity contribution is 5.83. The Labute approximate surface area is 69.2 Å². The van der Waals surface area contributed by atoms with E-state index in [-0.39, 0.29) is 12.8 Å². The van der Waals surface area contributed by atoms with Crippen LogP contribution in [-0.2, 0) is 9.59 Å². The van der Waals surface area contributed by atoms with Crippen molar-refractivity contribution in [1.29, 1.82) is 0 Å². The van der Waals surface area contributed by atoms with Gasteiger partial charge >= 0.3 is 11.9 Å². The topological polar surface area (TPSA) is 101 Å². The lowest BCUT2D eigenvalue weighted by Gasteiger charge is -2.15. The van der Waals surface area contributed by atoms with Crippen LogP contribution in [0.2, 0.25) is 0 Å². The van der Waals surface area contributed by atoms with Gasteiger partial charge in [0.05, 0.1) is 0 Å². The average Bonchev–Trinajstić information content (AvgIpc) is 1.99. The highest BCUT2D eigenvalue weighted by atomic mass is 16.4. The second-order valence-corrected chi connectivity index (χ2v) is 2.31. The van der Waals surface area contributed by atoms with E-state index < -0.39 is 17.5 Å². The zero-order valence-electron chi connectivity index (χ0n) is 6.28. The Kier molecular flexibility index (Phi) is 3.26. The third-order valence-electron chi connectivity index (χ3n) is 1.37. The van der Waals surface area contributed by atoms with Gasteiger partial charge in [0.1, 0.15) is 0 Å². The van der Waals surface area contributed by atoms with Crippen LogP contribution in [0.25, 0.3) is 0 Å². The van der Waals surface area contributed by atoms with Gasteiger partial charge in [-0.2, -0.15) is 0 Å². The van der Waals surface area contributed by atoms with E-state index in [2.05, 4.69) is 0 Å². The molecule has 0 amide bonds. The van der Waals surface area contributed by atoms with Gasteiger partial charge in [0.25, 0.3) is 0 Å². The van der Waals surface area contributed by atoms with Crippen LogP contribution >= 0.6 is 0 Å². The Morgan fingerprint density at radius 1 is 1.50 bits per heavy atom. The number of terminal acetylenes is 1. The van der Waals surface area contributed by atoms with E-state index in [0.717, 1.165) is 0 Å². The Balaban J connectivity index is 4.28. The van der Waals surface area contributed by atoms with Crippen LogP contribution in [0.3, 0.4) is 0 Å². The predicted octanol–water partition coefficient (Wildman–Crippen LogP) is -0.733. The summed E-state index contributed by atoms with van der Waals surface area (Å²) in [4.78, 5) is 20.5. The molecule has 0 aliphatic heterocycles. The van der Waals surface area contributed by atoms with E-state index in [4.69, 9.17) is 22.4 Å². The first-order chi connectivity index (χ1) is 5.42. The second-order valence-electron chi connectivity index (χ2n) is 2.31. The Bertz CT molecular complexity index is 242. The average molecular weight is 171 g/mol. The number of hydrogen-bond acceptors (Lipinski definition) is 3. The number of nitrogens with two attached hydrogens (primary N) is 1. The molecule has 1 atom stereocenters. The molecule has 5 heteroatoms. The Morgan fingerprint density at radius 2 is 2.00 bits per heavy atom. The molecule has 0 saturated heterocycles. The summed E-state index contributed by atoms with van der Waals surface area (Å²) in [6.07, 6.45) is 4.22. The zero-order valence-corrected chi connectivity index (χ0v) is 6.28. The maximum atomic E-state index is 10.4.